The van der Waals surface area contributed by atoms with Crippen LogP contribution in [0.4, 0.5) is 0 Å². The highest BCUT2D eigenvalue weighted by Crippen LogP contribution is 2.34. The first-order valence-electron chi connectivity index (χ1n) is 10.2. The van der Waals surface area contributed by atoms with E-state index in [0.29, 0.717) is 31.8 Å². The number of aliphatic hydroxyl groups excluding tert-OH is 1. The first-order chi connectivity index (χ1) is 12.2. The van der Waals surface area contributed by atoms with Gasteiger partial charge in [0, 0.05) is 5.92 Å². The largest absolute Gasteiger partial charge is 0.468 e. The zero-order chi connectivity index (χ0) is 20.2. The highest BCUT2D eigenvalue weighted by molar-refractivity contribution is 5.87. The molecule has 0 aliphatic heterocycles. The number of rotatable bonds is 15. The SMILES string of the molecule is CC[C@H](O)C(C)(CC)C(=O)C(C)C[C@@H](C)CCC/C(C)=C\CCOC=O. The number of allylic oxidation sites excluding steroid dienone is 1. The summed E-state index contributed by atoms with van der Waals surface area (Å²) in [5.41, 5.74) is 0.692. The molecule has 0 aromatic heterocycles. The van der Waals surface area contributed by atoms with E-state index in [1.165, 1.54) is 5.57 Å². The van der Waals surface area contributed by atoms with Crippen LogP contribution < -0.4 is 0 Å². The van der Waals surface area contributed by atoms with Crippen LogP contribution >= 0.6 is 0 Å². The number of ketones is 1. The molecular weight excluding hydrogens is 328 g/mol. The van der Waals surface area contributed by atoms with Crippen molar-refractivity contribution in [1.82, 2.24) is 0 Å². The molecule has 1 N–H and O–H groups in total. The molecule has 152 valence electrons. The van der Waals surface area contributed by atoms with Crippen LogP contribution in [0.25, 0.3) is 0 Å². The van der Waals surface area contributed by atoms with Crippen molar-refractivity contribution >= 4 is 12.3 Å². The third-order valence-electron chi connectivity index (χ3n) is 5.69. The molecule has 0 aliphatic carbocycles. The third-order valence-corrected chi connectivity index (χ3v) is 5.69. The van der Waals surface area contributed by atoms with E-state index in [9.17, 15) is 14.7 Å². The fraction of sp³-hybridized carbons (Fsp3) is 0.818. The molecule has 0 aromatic carbocycles. The Balaban J connectivity index is 4.35. The molecule has 0 fully saturated rings. The molecule has 0 saturated carbocycles. The molecule has 4 atom stereocenters. The number of hydrogen-bond acceptors (Lipinski definition) is 4. The van der Waals surface area contributed by atoms with Crippen LogP contribution in [0.15, 0.2) is 11.6 Å². The highest BCUT2D eigenvalue weighted by atomic mass is 16.5. The summed E-state index contributed by atoms with van der Waals surface area (Å²) in [4.78, 5) is 23.0. The molecule has 26 heavy (non-hydrogen) atoms. The molecule has 4 nitrogen and oxygen atoms in total. The van der Waals surface area contributed by atoms with Gasteiger partial charge in [-0.25, -0.2) is 0 Å². The minimum Gasteiger partial charge on any atom is -0.468 e. The fourth-order valence-corrected chi connectivity index (χ4v) is 3.67. The maximum atomic E-state index is 12.9. The number of aliphatic hydroxyl groups is 1. The van der Waals surface area contributed by atoms with E-state index in [-0.39, 0.29) is 11.7 Å². The molecule has 4 heteroatoms. The molecule has 0 saturated heterocycles. The van der Waals surface area contributed by atoms with Crippen molar-refractivity contribution in [2.75, 3.05) is 6.61 Å². The van der Waals surface area contributed by atoms with Gasteiger partial charge >= 0.3 is 0 Å². The number of carbonyl (C=O) groups is 2. The second-order valence-corrected chi connectivity index (χ2v) is 8.00. The minimum atomic E-state index is -0.628. The maximum Gasteiger partial charge on any atom is 0.293 e. The molecule has 0 radical (unpaired) electrons. The van der Waals surface area contributed by atoms with E-state index >= 15 is 0 Å². The minimum absolute atomic E-state index is 0.0201. The van der Waals surface area contributed by atoms with E-state index in [4.69, 9.17) is 0 Å². The lowest BCUT2D eigenvalue weighted by molar-refractivity contribution is -0.139. The monoisotopic (exact) mass is 368 g/mol. The summed E-state index contributed by atoms with van der Waals surface area (Å²) >= 11 is 0. The summed E-state index contributed by atoms with van der Waals surface area (Å²) in [5.74, 6) is 0.667. The molecule has 0 heterocycles. The maximum absolute atomic E-state index is 12.9. The van der Waals surface area contributed by atoms with Gasteiger partial charge in [0.1, 0.15) is 5.78 Å². The van der Waals surface area contributed by atoms with Crippen LogP contribution in [-0.2, 0) is 14.3 Å². The second-order valence-electron chi connectivity index (χ2n) is 8.00. The normalized spacial score (nSPS) is 17.9. The standard InChI is InChI=1S/C22H40O4/c1-7-20(24)22(6,8-2)21(25)19(5)15-18(4)12-9-11-17(3)13-10-14-26-16-23/h13,16,18-20,24H,7-12,14-15H2,1-6H3/b17-13-/t18-,19?,20-,22?/m0/s1. The third kappa shape index (κ3) is 8.48. The van der Waals surface area contributed by atoms with Gasteiger partial charge in [-0.15, -0.1) is 0 Å². The smallest absolute Gasteiger partial charge is 0.293 e. The molecular formula is C22H40O4. The molecule has 0 aromatic rings. The average Bonchev–Trinajstić information content (AvgIpc) is 2.63. The molecule has 0 bridgehead atoms. The summed E-state index contributed by atoms with van der Waals surface area (Å²) in [7, 11) is 0. The Kier molecular flexibility index (Phi) is 12.5. The lowest BCUT2D eigenvalue weighted by atomic mass is 9.71. The van der Waals surface area contributed by atoms with E-state index in [0.717, 1.165) is 32.1 Å². The van der Waals surface area contributed by atoms with Crippen LogP contribution in [0.3, 0.4) is 0 Å². The van der Waals surface area contributed by atoms with Gasteiger partial charge in [-0.1, -0.05) is 52.7 Å². The average molecular weight is 369 g/mol. The summed E-state index contributed by atoms with van der Waals surface area (Å²) in [6.07, 6.45) is 7.72. The summed E-state index contributed by atoms with van der Waals surface area (Å²) in [6, 6.07) is 0. The number of carbonyl (C=O) groups excluding carboxylic acids is 2. The summed E-state index contributed by atoms with van der Waals surface area (Å²) in [5, 5.41) is 10.3. The lowest BCUT2D eigenvalue weighted by Gasteiger charge is -2.34. The Morgan fingerprint density at radius 3 is 2.46 bits per heavy atom. The molecule has 0 amide bonds. The zero-order valence-corrected chi connectivity index (χ0v) is 17.7. The zero-order valence-electron chi connectivity index (χ0n) is 17.7. The van der Waals surface area contributed by atoms with E-state index in [1.54, 1.807) is 0 Å². The van der Waals surface area contributed by atoms with E-state index in [1.807, 2.05) is 27.7 Å². The quantitative estimate of drug-likeness (QED) is 0.248. The van der Waals surface area contributed by atoms with Crippen molar-refractivity contribution < 1.29 is 19.4 Å². The van der Waals surface area contributed by atoms with Gasteiger partial charge in [0.25, 0.3) is 6.47 Å². The summed E-state index contributed by atoms with van der Waals surface area (Å²) in [6.45, 7) is 13.1. The first kappa shape index (κ1) is 24.8. The predicted octanol–water partition coefficient (Wildman–Crippen LogP) is 5.08. The van der Waals surface area contributed by atoms with Gasteiger partial charge in [0.05, 0.1) is 18.1 Å². The number of Topliss-reactive ketones (excluding diaryl/α,β-unsaturated/α-hetero) is 1. The van der Waals surface area contributed by atoms with Crippen LogP contribution in [0, 0.1) is 17.3 Å². The van der Waals surface area contributed by atoms with Crippen LogP contribution in [0.2, 0.25) is 0 Å². The molecule has 2 unspecified atom stereocenters. The second kappa shape index (κ2) is 13.1. The van der Waals surface area contributed by atoms with Crippen molar-refractivity contribution in [1.29, 1.82) is 0 Å². The van der Waals surface area contributed by atoms with Crippen molar-refractivity contribution in [3.8, 4) is 0 Å². The van der Waals surface area contributed by atoms with E-state index < -0.39 is 11.5 Å². The van der Waals surface area contributed by atoms with Gasteiger partial charge in [-0.3, -0.25) is 9.59 Å². The van der Waals surface area contributed by atoms with Gasteiger partial charge in [0.2, 0.25) is 0 Å². The fourth-order valence-electron chi connectivity index (χ4n) is 3.67. The van der Waals surface area contributed by atoms with Gasteiger partial charge in [0.15, 0.2) is 0 Å². The Hall–Kier alpha value is -1.16. The Bertz CT molecular complexity index is 443. The Morgan fingerprint density at radius 1 is 1.27 bits per heavy atom. The predicted molar refractivity (Wildman–Crippen MR) is 107 cm³/mol. The van der Waals surface area contributed by atoms with Gasteiger partial charge < -0.3 is 9.84 Å². The Labute approximate surface area is 160 Å². The molecule has 0 spiro atoms. The molecule has 0 rings (SSSR count). The van der Waals surface area contributed by atoms with Gasteiger partial charge in [-0.2, -0.15) is 0 Å². The summed E-state index contributed by atoms with van der Waals surface area (Å²) < 4.78 is 4.68. The van der Waals surface area contributed by atoms with Crippen LogP contribution in [-0.4, -0.2) is 30.1 Å². The van der Waals surface area contributed by atoms with Crippen LogP contribution in [0.5, 0.6) is 0 Å². The first-order valence-corrected chi connectivity index (χ1v) is 10.2. The van der Waals surface area contributed by atoms with E-state index in [2.05, 4.69) is 24.7 Å². The van der Waals surface area contributed by atoms with Gasteiger partial charge in [-0.05, 0) is 51.4 Å². The van der Waals surface area contributed by atoms with Crippen molar-refractivity contribution in [3.05, 3.63) is 11.6 Å². The highest BCUT2D eigenvalue weighted by Gasteiger charge is 2.40. The Morgan fingerprint density at radius 2 is 1.92 bits per heavy atom. The van der Waals surface area contributed by atoms with Crippen molar-refractivity contribution in [3.63, 3.8) is 0 Å². The van der Waals surface area contributed by atoms with Crippen molar-refractivity contribution in [2.24, 2.45) is 17.3 Å². The van der Waals surface area contributed by atoms with Crippen LogP contribution in [0.1, 0.15) is 86.5 Å². The topological polar surface area (TPSA) is 63.6 Å². The van der Waals surface area contributed by atoms with Crippen molar-refractivity contribution in [2.45, 2.75) is 92.6 Å². The number of ether oxygens (including phenoxy) is 1. The number of hydrogen-bond donors (Lipinski definition) is 1. The lowest BCUT2D eigenvalue weighted by Crippen LogP contribution is -2.42. The molecule has 0 aliphatic rings.